The van der Waals surface area contributed by atoms with E-state index in [4.69, 9.17) is 9.72 Å². The second kappa shape index (κ2) is 9.24. The smallest absolute Gasteiger partial charge is 0.254 e. The minimum Gasteiger partial charge on any atom is -0.492 e. The number of fused-ring (bicyclic) bond motifs is 1. The molecular formula is C27H27N3O2S. The van der Waals surface area contributed by atoms with Gasteiger partial charge in [-0.1, -0.05) is 23.8 Å². The maximum atomic E-state index is 13.7. The second-order valence-corrected chi connectivity index (χ2v) is 9.05. The van der Waals surface area contributed by atoms with Crippen molar-refractivity contribution in [2.24, 2.45) is 0 Å². The molecule has 3 heterocycles. The zero-order chi connectivity index (χ0) is 22.8. The molecule has 2 aromatic heterocycles. The number of pyridine rings is 1. The Labute approximate surface area is 198 Å². The zero-order valence-corrected chi connectivity index (χ0v) is 19.8. The fourth-order valence-corrected chi connectivity index (χ4v) is 5.04. The monoisotopic (exact) mass is 457 g/mol. The summed E-state index contributed by atoms with van der Waals surface area (Å²) in [6.07, 6.45) is 0. The lowest BCUT2D eigenvalue weighted by Gasteiger charge is -2.37. The maximum Gasteiger partial charge on any atom is 0.254 e. The first-order valence-electron chi connectivity index (χ1n) is 11.3. The van der Waals surface area contributed by atoms with Crippen molar-refractivity contribution in [1.82, 2.24) is 9.88 Å². The van der Waals surface area contributed by atoms with Crippen molar-refractivity contribution >= 4 is 33.8 Å². The van der Waals surface area contributed by atoms with Crippen LogP contribution in [-0.4, -0.2) is 48.6 Å². The van der Waals surface area contributed by atoms with Crippen LogP contribution in [0.25, 0.3) is 22.2 Å². The van der Waals surface area contributed by atoms with Crippen molar-refractivity contribution in [3.63, 3.8) is 0 Å². The fourth-order valence-electron chi connectivity index (χ4n) is 4.39. The van der Waals surface area contributed by atoms with Crippen LogP contribution in [0.15, 0.2) is 65.4 Å². The van der Waals surface area contributed by atoms with Gasteiger partial charge in [-0.15, -0.1) is 0 Å². The molecule has 0 unspecified atom stereocenters. The molecule has 1 fully saturated rings. The number of aryl methyl sites for hydroxylation is 1. The lowest BCUT2D eigenvalue weighted by molar-refractivity contribution is 0.0748. The van der Waals surface area contributed by atoms with Gasteiger partial charge in [0.25, 0.3) is 5.91 Å². The maximum absolute atomic E-state index is 13.7. The van der Waals surface area contributed by atoms with Crippen LogP contribution in [0.1, 0.15) is 22.8 Å². The Balaban J connectivity index is 1.42. The summed E-state index contributed by atoms with van der Waals surface area (Å²) in [6, 6.07) is 18.3. The number of para-hydroxylation sites is 2. The van der Waals surface area contributed by atoms with Gasteiger partial charge in [-0.2, -0.15) is 11.3 Å². The summed E-state index contributed by atoms with van der Waals surface area (Å²) >= 11 is 1.64. The lowest BCUT2D eigenvalue weighted by atomic mass is 10.0. The summed E-state index contributed by atoms with van der Waals surface area (Å²) in [7, 11) is 0. The molecule has 1 aliphatic rings. The van der Waals surface area contributed by atoms with Gasteiger partial charge in [-0.3, -0.25) is 4.79 Å². The summed E-state index contributed by atoms with van der Waals surface area (Å²) in [5.74, 6) is 0.970. The molecular weight excluding hydrogens is 430 g/mol. The van der Waals surface area contributed by atoms with Crippen molar-refractivity contribution in [3.05, 3.63) is 76.5 Å². The summed E-state index contributed by atoms with van der Waals surface area (Å²) in [5, 5.41) is 5.03. The van der Waals surface area contributed by atoms with E-state index >= 15 is 0 Å². The number of ether oxygens (including phenoxy) is 1. The van der Waals surface area contributed by atoms with E-state index in [1.54, 1.807) is 11.3 Å². The normalized spacial score (nSPS) is 14.0. The first-order valence-corrected chi connectivity index (χ1v) is 12.3. The third kappa shape index (κ3) is 4.31. The Morgan fingerprint density at radius 3 is 2.64 bits per heavy atom. The number of rotatable bonds is 5. The first kappa shape index (κ1) is 21.5. The Kier molecular flexibility index (Phi) is 6.01. The van der Waals surface area contributed by atoms with Crippen molar-refractivity contribution in [2.75, 3.05) is 37.7 Å². The van der Waals surface area contributed by atoms with E-state index in [-0.39, 0.29) is 5.91 Å². The van der Waals surface area contributed by atoms with Crippen molar-refractivity contribution in [3.8, 4) is 17.0 Å². The minimum absolute atomic E-state index is 0.0715. The van der Waals surface area contributed by atoms with Crippen LogP contribution in [0.4, 0.5) is 5.69 Å². The molecule has 0 spiro atoms. The number of nitrogens with zero attached hydrogens (tertiary/aromatic N) is 3. The number of carbonyl (C=O) groups excluding carboxylic acids is 1. The van der Waals surface area contributed by atoms with Gasteiger partial charge >= 0.3 is 0 Å². The van der Waals surface area contributed by atoms with E-state index in [1.807, 2.05) is 47.5 Å². The van der Waals surface area contributed by atoms with E-state index in [2.05, 4.69) is 41.5 Å². The van der Waals surface area contributed by atoms with Crippen LogP contribution in [0, 0.1) is 6.92 Å². The summed E-state index contributed by atoms with van der Waals surface area (Å²) in [5.41, 5.74) is 5.70. The van der Waals surface area contributed by atoms with Crippen LogP contribution < -0.4 is 9.64 Å². The molecule has 0 N–H and O–H groups in total. The van der Waals surface area contributed by atoms with Gasteiger partial charge < -0.3 is 14.5 Å². The molecule has 0 atom stereocenters. The molecule has 0 bridgehead atoms. The number of anilines is 1. The molecule has 5 rings (SSSR count). The van der Waals surface area contributed by atoms with Gasteiger partial charge in [-0.05, 0) is 55.6 Å². The zero-order valence-electron chi connectivity index (χ0n) is 19.0. The number of carbonyl (C=O) groups is 1. The Hall–Kier alpha value is -3.38. The molecule has 33 heavy (non-hydrogen) atoms. The second-order valence-electron chi connectivity index (χ2n) is 8.27. The predicted octanol–water partition coefficient (Wildman–Crippen LogP) is 5.63. The summed E-state index contributed by atoms with van der Waals surface area (Å²) < 4.78 is 5.81. The highest BCUT2D eigenvalue weighted by Gasteiger charge is 2.25. The Bertz CT molecular complexity index is 1280. The van der Waals surface area contributed by atoms with Gasteiger partial charge in [0.15, 0.2) is 0 Å². The molecule has 1 aliphatic heterocycles. The molecule has 4 aromatic rings. The number of hydrogen-bond acceptors (Lipinski definition) is 5. The molecule has 6 heteroatoms. The predicted molar refractivity (Wildman–Crippen MR) is 136 cm³/mol. The van der Waals surface area contributed by atoms with Crippen LogP contribution in [0.2, 0.25) is 0 Å². The van der Waals surface area contributed by atoms with Gasteiger partial charge in [0.2, 0.25) is 0 Å². The van der Waals surface area contributed by atoms with Gasteiger partial charge in [0, 0.05) is 42.5 Å². The third-order valence-corrected chi connectivity index (χ3v) is 6.77. The largest absolute Gasteiger partial charge is 0.492 e. The van der Waals surface area contributed by atoms with Crippen molar-refractivity contribution < 1.29 is 9.53 Å². The quantitative estimate of drug-likeness (QED) is 0.389. The van der Waals surface area contributed by atoms with Gasteiger partial charge in [0.05, 0.1) is 29.1 Å². The average molecular weight is 458 g/mol. The van der Waals surface area contributed by atoms with E-state index in [9.17, 15) is 4.79 Å². The highest BCUT2D eigenvalue weighted by atomic mass is 32.1. The number of hydrogen-bond donors (Lipinski definition) is 0. The number of aromatic nitrogens is 1. The number of amides is 1. The molecule has 168 valence electrons. The van der Waals surface area contributed by atoms with Crippen molar-refractivity contribution in [2.45, 2.75) is 13.8 Å². The summed E-state index contributed by atoms with van der Waals surface area (Å²) in [4.78, 5) is 22.8. The molecule has 2 aromatic carbocycles. The number of benzene rings is 2. The van der Waals surface area contributed by atoms with Gasteiger partial charge in [-0.25, -0.2) is 4.98 Å². The van der Waals surface area contributed by atoms with E-state index < -0.39 is 0 Å². The van der Waals surface area contributed by atoms with Crippen molar-refractivity contribution in [1.29, 1.82) is 0 Å². The Morgan fingerprint density at radius 2 is 1.88 bits per heavy atom. The summed E-state index contributed by atoms with van der Waals surface area (Å²) in [6.45, 7) is 7.57. The van der Waals surface area contributed by atoms with Crippen LogP contribution in [0.5, 0.6) is 5.75 Å². The molecule has 0 saturated carbocycles. The molecule has 0 radical (unpaired) electrons. The topological polar surface area (TPSA) is 45.7 Å². The Morgan fingerprint density at radius 1 is 1.06 bits per heavy atom. The molecule has 1 saturated heterocycles. The van der Waals surface area contributed by atoms with Crippen LogP contribution in [0.3, 0.4) is 0 Å². The van der Waals surface area contributed by atoms with Crippen LogP contribution in [-0.2, 0) is 0 Å². The van der Waals surface area contributed by atoms with E-state index in [0.717, 1.165) is 57.8 Å². The van der Waals surface area contributed by atoms with E-state index in [1.165, 1.54) is 0 Å². The lowest BCUT2D eigenvalue weighted by Crippen LogP contribution is -2.49. The van der Waals surface area contributed by atoms with E-state index in [0.29, 0.717) is 19.7 Å². The number of piperazine rings is 1. The molecule has 0 aliphatic carbocycles. The molecule has 1 amide bonds. The fraction of sp³-hybridized carbons (Fsp3) is 0.259. The standard InChI is InChI=1S/C27H27N3O2S/c1-3-32-26-7-5-4-6-25(26)29-11-13-30(14-12-29)27(31)22-17-24(20-10-15-33-18-20)28-23-9-8-19(2)16-21(22)23/h4-10,15-18H,3,11-14H2,1-2H3. The highest BCUT2D eigenvalue weighted by molar-refractivity contribution is 7.08. The minimum atomic E-state index is 0.0715. The van der Waals surface area contributed by atoms with Gasteiger partial charge in [0.1, 0.15) is 5.75 Å². The number of thiophene rings is 1. The highest BCUT2D eigenvalue weighted by Crippen LogP contribution is 2.31. The third-order valence-electron chi connectivity index (χ3n) is 6.08. The molecule has 5 nitrogen and oxygen atoms in total. The average Bonchev–Trinajstić information content (AvgIpc) is 3.39. The SMILES string of the molecule is CCOc1ccccc1N1CCN(C(=O)c2cc(-c3ccsc3)nc3ccc(C)cc23)CC1. The first-order chi connectivity index (χ1) is 16.1. The van der Waals surface area contributed by atoms with Crippen LogP contribution >= 0.6 is 11.3 Å².